The number of thioether (sulfide) groups is 1. The van der Waals surface area contributed by atoms with E-state index in [0.717, 1.165) is 17.0 Å². The highest BCUT2D eigenvalue weighted by Crippen LogP contribution is 2.24. The van der Waals surface area contributed by atoms with Crippen LogP contribution in [-0.2, 0) is 27.5 Å². The summed E-state index contributed by atoms with van der Waals surface area (Å²) in [5, 5.41) is 24.0. The van der Waals surface area contributed by atoms with Crippen LogP contribution in [0, 0.1) is 0 Å². The van der Waals surface area contributed by atoms with Crippen LogP contribution in [0.25, 0.3) is 0 Å². The molecule has 0 saturated carbocycles. The summed E-state index contributed by atoms with van der Waals surface area (Å²) < 4.78 is 10.8. The van der Waals surface area contributed by atoms with Gasteiger partial charge in [0.2, 0.25) is 0 Å². The third-order valence-corrected chi connectivity index (χ3v) is 7.34. The van der Waals surface area contributed by atoms with Gasteiger partial charge in [0.05, 0.1) is 12.2 Å². The van der Waals surface area contributed by atoms with Crippen molar-refractivity contribution >= 4 is 34.8 Å². The number of amides is 1. The minimum atomic E-state index is -0.900. The molecule has 4 rings (SSSR count). The minimum absolute atomic E-state index is 0.0883. The van der Waals surface area contributed by atoms with E-state index in [9.17, 15) is 19.8 Å². The van der Waals surface area contributed by atoms with Crippen molar-refractivity contribution in [3.05, 3.63) is 71.8 Å². The van der Waals surface area contributed by atoms with Gasteiger partial charge in [0, 0.05) is 19.5 Å². The zero-order valence-electron chi connectivity index (χ0n) is 22.5. The van der Waals surface area contributed by atoms with Crippen LogP contribution in [0.2, 0.25) is 0 Å². The molecule has 2 aromatic carbocycles. The first kappa shape index (κ1) is 29.6. The molecule has 0 aromatic heterocycles. The number of ether oxygens (including phenoxy) is 2. The lowest BCUT2D eigenvalue weighted by Crippen LogP contribution is -2.42. The van der Waals surface area contributed by atoms with Gasteiger partial charge in [-0.1, -0.05) is 72.4 Å². The summed E-state index contributed by atoms with van der Waals surface area (Å²) in [6.45, 7) is 0.996. The molecule has 3 N–H and O–H groups in total. The fourth-order valence-corrected chi connectivity index (χ4v) is 5.02. The topological polar surface area (TPSA) is 133 Å². The molecular weight excluding hydrogens is 532 g/mol. The number of fused-ring (bicyclic) bond motifs is 1. The highest BCUT2D eigenvalue weighted by Gasteiger charge is 2.36. The van der Waals surface area contributed by atoms with Gasteiger partial charge in [0.25, 0.3) is 0 Å². The molecule has 10 nitrogen and oxygen atoms in total. The van der Waals surface area contributed by atoms with Crippen molar-refractivity contribution in [3.8, 4) is 0 Å². The Morgan fingerprint density at radius 3 is 2.30 bits per heavy atom. The number of hydrogen-bond donors (Lipinski definition) is 3. The molecule has 11 heteroatoms. The Morgan fingerprint density at radius 1 is 1.00 bits per heavy atom. The summed E-state index contributed by atoms with van der Waals surface area (Å²) in [6.07, 6.45) is 1.35. The van der Waals surface area contributed by atoms with Crippen molar-refractivity contribution in [2.45, 2.75) is 63.2 Å². The van der Waals surface area contributed by atoms with Crippen LogP contribution in [0.15, 0.2) is 70.6 Å². The lowest BCUT2D eigenvalue weighted by Gasteiger charge is -2.26. The van der Waals surface area contributed by atoms with E-state index < -0.39 is 30.3 Å². The first-order valence-corrected chi connectivity index (χ1v) is 14.6. The van der Waals surface area contributed by atoms with E-state index in [1.807, 2.05) is 71.8 Å². The first-order chi connectivity index (χ1) is 19.4. The number of alkyl carbamates (subject to hydrolysis) is 1. The third kappa shape index (κ3) is 8.54. The van der Waals surface area contributed by atoms with Gasteiger partial charge in [-0.05, 0) is 36.6 Å². The van der Waals surface area contributed by atoms with Crippen LogP contribution in [0.5, 0.6) is 0 Å². The Hall–Kier alpha value is -3.41. The monoisotopic (exact) mass is 568 g/mol. The van der Waals surface area contributed by atoms with Crippen LogP contribution in [0.3, 0.4) is 0 Å². The number of nitrogens with one attached hydrogen (secondary N) is 1. The predicted octanol–water partition coefficient (Wildman–Crippen LogP) is 3.12. The Kier molecular flexibility index (Phi) is 11.0. The lowest BCUT2D eigenvalue weighted by atomic mass is 10.1. The van der Waals surface area contributed by atoms with E-state index in [4.69, 9.17) is 9.47 Å². The Bertz CT molecular complexity index is 1180. The number of hydrogen-bond acceptors (Lipinski definition) is 10. The molecule has 0 spiro atoms. The number of aliphatic hydroxyl groups is 2. The van der Waals surface area contributed by atoms with Crippen LogP contribution < -0.4 is 5.32 Å². The Labute approximate surface area is 238 Å². The normalized spacial score (nSPS) is 21.0. The second-order valence-electron chi connectivity index (χ2n) is 9.77. The highest BCUT2D eigenvalue weighted by atomic mass is 32.2. The number of rotatable bonds is 11. The van der Waals surface area contributed by atoms with Gasteiger partial charge in [-0.15, -0.1) is 0 Å². The van der Waals surface area contributed by atoms with Crippen molar-refractivity contribution in [1.82, 2.24) is 10.2 Å². The summed E-state index contributed by atoms with van der Waals surface area (Å²) in [5.74, 6) is 0.216. The smallest absolute Gasteiger partial charge is 0.408 e. The van der Waals surface area contributed by atoms with E-state index >= 15 is 0 Å². The van der Waals surface area contributed by atoms with E-state index in [2.05, 4.69) is 15.3 Å². The van der Waals surface area contributed by atoms with Crippen LogP contribution in [0.4, 0.5) is 4.79 Å². The molecule has 1 amide bonds. The van der Waals surface area contributed by atoms with E-state index in [1.54, 1.807) is 0 Å². The largest absolute Gasteiger partial charge is 0.459 e. The van der Waals surface area contributed by atoms with E-state index in [-0.39, 0.29) is 25.8 Å². The number of carbonyl (C=O) groups excluding carboxylic acids is 2. The van der Waals surface area contributed by atoms with Crippen molar-refractivity contribution in [1.29, 1.82) is 0 Å². The average Bonchev–Trinajstić information content (AvgIpc) is 3.34. The standard InChI is InChI=1S/C29H36N4O6S/c1-40-28-30-23-16-24(34)25(35)17-33(26(23)32-28)15-9-8-14-22(27(36)38-18-20-10-4-2-5-11-20)31-29(37)39-19-21-12-6-3-7-13-21/h2-7,10-13,22-25,34-35H,8-9,14-19H2,1H3,(H,31,37)/t22-,23?,24-,25+/m0/s1. The molecule has 2 aliphatic rings. The number of benzene rings is 2. The number of carbonyl (C=O) groups is 2. The molecule has 1 unspecified atom stereocenters. The second kappa shape index (κ2) is 14.8. The number of nitrogens with zero attached hydrogens (tertiary/aromatic N) is 3. The molecule has 0 bridgehead atoms. The summed E-state index contributed by atoms with van der Waals surface area (Å²) in [5.41, 5.74) is 1.69. The van der Waals surface area contributed by atoms with Gasteiger partial charge in [-0.3, -0.25) is 0 Å². The second-order valence-corrected chi connectivity index (χ2v) is 10.5. The first-order valence-electron chi connectivity index (χ1n) is 13.4. The van der Waals surface area contributed by atoms with Crippen LogP contribution in [-0.4, -0.2) is 81.8 Å². The van der Waals surface area contributed by atoms with Gasteiger partial charge in [0.1, 0.15) is 31.1 Å². The van der Waals surface area contributed by atoms with Crippen molar-refractivity contribution in [3.63, 3.8) is 0 Å². The molecule has 2 aromatic rings. The van der Waals surface area contributed by atoms with Crippen molar-refractivity contribution < 1.29 is 29.3 Å². The summed E-state index contributed by atoms with van der Waals surface area (Å²) in [6, 6.07) is 17.5. The predicted molar refractivity (Wildman–Crippen MR) is 154 cm³/mol. The average molecular weight is 569 g/mol. The number of aliphatic hydroxyl groups excluding tert-OH is 2. The molecule has 0 aliphatic carbocycles. The third-order valence-electron chi connectivity index (χ3n) is 6.78. The summed E-state index contributed by atoms with van der Waals surface area (Å²) in [4.78, 5) is 36.6. The maximum atomic E-state index is 13.0. The van der Waals surface area contributed by atoms with E-state index in [1.165, 1.54) is 11.8 Å². The van der Waals surface area contributed by atoms with Crippen molar-refractivity contribution in [2.24, 2.45) is 9.98 Å². The van der Waals surface area contributed by atoms with Crippen molar-refractivity contribution in [2.75, 3.05) is 19.3 Å². The molecule has 4 atom stereocenters. The minimum Gasteiger partial charge on any atom is -0.459 e. The molecular formula is C29H36N4O6S. The molecule has 40 heavy (non-hydrogen) atoms. The number of unbranched alkanes of at least 4 members (excludes halogenated alkanes) is 1. The van der Waals surface area contributed by atoms with Crippen LogP contribution >= 0.6 is 11.8 Å². The quantitative estimate of drug-likeness (QED) is 0.278. The number of β-amino-alcohol motifs (C(OH)–C–C–N with tert-alkyl or cyclic N) is 1. The number of aliphatic imine (C=N–C) groups is 2. The molecule has 1 saturated heterocycles. The Balaban J connectivity index is 1.33. The van der Waals surface area contributed by atoms with Gasteiger partial charge in [-0.25, -0.2) is 19.6 Å². The van der Waals surface area contributed by atoms with Gasteiger partial charge in [-0.2, -0.15) is 0 Å². The number of esters is 1. The molecule has 2 aliphatic heterocycles. The van der Waals surface area contributed by atoms with Gasteiger partial charge < -0.3 is 29.9 Å². The molecule has 214 valence electrons. The zero-order valence-corrected chi connectivity index (χ0v) is 23.3. The fourth-order valence-electron chi connectivity index (χ4n) is 4.60. The summed E-state index contributed by atoms with van der Waals surface area (Å²) >= 11 is 1.44. The summed E-state index contributed by atoms with van der Waals surface area (Å²) in [7, 11) is 0. The SMILES string of the molecule is CSC1=NC2C[C@H](O)[C@H](O)CN(CCCC[C@H](NC(=O)OCc3ccccc3)C(=O)OCc3ccccc3)C2=N1. The molecule has 2 heterocycles. The zero-order chi connectivity index (χ0) is 28.3. The van der Waals surface area contributed by atoms with E-state index in [0.29, 0.717) is 37.4 Å². The fraction of sp³-hybridized carbons (Fsp3) is 0.448. The maximum Gasteiger partial charge on any atom is 0.408 e. The van der Waals surface area contributed by atoms with Crippen LogP contribution in [0.1, 0.15) is 36.8 Å². The number of amidine groups is 2. The van der Waals surface area contributed by atoms with Gasteiger partial charge in [0.15, 0.2) is 5.17 Å². The highest BCUT2D eigenvalue weighted by molar-refractivity contribution is 8.13. The number of likely N-dealkylation sites (tertiary alicyclic amines) is 1. The lowest BCUT2D eigenvalue weighted by molar-refractivity contribution is -0.147. The molecule has 1 fully saturated rings. The molecule has 0 radical (unpaired) electrons. The Morgan fingerprint density at radius 2 is 1.65 bits per heavy atom. The maximum absolute atomic E-state index is 13.0. The van der Waals surface area contributed by atoms with Gasteiger partial charge >= 0.3 is 12.1 Å².